The number of non-ortho nitro benzene ring substituents is 1. The first-order valence-corrected chi connectivity index (χ1v) is 4.46. The van der Waals surface area contributed by atoms with Crippen molar-refractivity contribution in [1.82, 2.24) is 0 Å². The van der Waals surface area contributed by atoms with E-state index in [1.165, 1.54) is 18.2 Å². The van der Waals surface area contributed by atoms with Gasteiger partial charge < -0.3 is 16.2 Å². The van der Waals surface area contributed by atoms with Crippen molar-refractivity contribution in [3.8, 4) is 0 Å². The molecule has 0 saturated carbocycles. The van der Waals surface area contributed by atoms with Crippen LogP contribution in [-0.2, 0) is 0 Å². The maximum Gasteiger partial charge on any atom is 0.271 e. The zero-order valence-electron chi connectivity index (χ0n) is 8.30. The predicted octanol–water partition coefficient (Wildman–Crippen LogP) is 0.970. The molecular weight excluding hydrogens is 198 g/mol. The molecule has 0 radical (unpaired) electrons. The van der Waals surface area contributed by atoms with E-state index in [1.54, 1.807) is 6.92 Å². The molecule has 0 bridgehead atoms. The molecule has 4 N–H and O–H groups in total. The van der Waals surface area contributed by atoms with Crippen molar-refractivity contribution in [2.24, 2.45) is 0 Å². The third-order valence-electron chi connectivity index (χ3n) is 1.83. The first-order valence-electron chi connectivity index (χ1n) is 4.46. The van der Waals surface area contributed by atoms with Gasteiger partial charge in [0.1, 0.15) is 0 Å². The molecule has 6 nitrogen and oxygen atoms in total. The highest BCUT2D eigenvalue weighted by Gasteiger charge is 2.08. The van der Waals surface area contributed by atoms with Gasteiger partial charge in [-0.15, -0.1) is 0 Å². The number of nitro groups is 1. The third-order valence-corrected chi connectivity index (χ3v) is 1.83. The van der Waals surface area contributed by atoms with Gasteiger partial charge in [0.15, 0.2) is 0 Å². The van der Waals surface area contributed by atoms with E-state index in [0.717, 1.165) is 0 Å². The molecule has 6 heteroatoms. The molecule has 0 aliphatic rings. The smallest absolute Gasteiger partial charge is 0.271 e. The maximum absolute atomic E-state index is 10.4. The summed E-state index contributed by atoms with van der Waals surface area (Å²) in [6.07, 6.45) is -0.500. The van der Waals surface area contributed by atoms with Gasteiger partial charge in [0.2, 0.25) is 0 Å². The molecule has 1 aromatic carbocycles. The first-order chi connectivity index (χ1) is 7.00. The SMILES string of the molecule is C[C@H](O)CNc1ccc([N+](=O)[O-])cc1N. The number of anilines is 2. The zero-order valence-corrected chi connectivity index (χ0v) is 8.30. The van der Waals surface area contributed by atoms with Gasteiger partial charge in [0.05, 0.1) is 22.4 Å². The minimum absolute atomic E-state index is 0.0462. The highest BCUT2D eigenvalue weighted by atomic mass is 16.6. The van der Waals surface area contributed by atoms with Crippen LogP contribution in [0.2, 0.25) is 0 Å². The van der Waals surface area contributed by atoms with Crippen LogP contribution in [0, 0.1) is 10.1 Å². The van der Waals surface area contributed by atoms with E-state index in [-0.39, 0.29) is 5.69 Å². The quantitative estimate of drug-likeness (QED) is 0.391. The van der Waals surface area contributed by atoms with Crippen LogP contribution >= 0.6 is 0 Å². The summed E-state index contributed by atoms with van der Waals surface area (Å²) in [7, 11) is 0. The molecule has 82 valence electrons. The Bertz CT molecular complexity index is 366. The van der Waals surface area contributed by atoms with Crippen LogP contribution in [0.25, 0.3) is 0 Å². The highest BCUT2D eigenvalue weighted by Crippen LogP contribution is 2.23. The second-order valence-corrected chi connectivity index (χ2v) is 3.26. The third kappa shape index (κ3) is 3.10. The van der Waals surface area contributed by atoms with Crippen molar-refractivity contribution in [2.75, 3.05) is 17.6 Å². The van der Waals surface area contributed by atoms with Crippen molar-refractivity contribution >= 4 is 17.1 Å². The minimum atomic E-state index is -0.505. The van der Waals surface area contributed by atoms with Crippen molar-refractivity contribution in [2.45, 2.75) is 13.0 Å². The van der Waals surface area contributed by atoms with Crippen LogP contribution in [0.5, 0.6) is 0 Å². The van der Waals surface area contributed by atoms with Crippen molar-refractivity contribution < 1.29 is 10.0 Å². The van der Waals surface area contributed by atoms with Crippen molar-refractivity contribution in [3.63, 3.8) is 0 Å². The summed E-state index contributed by atoms with van der Waals surface area (Å²) in [4.78, 5) is 9.91. The Morgan fingerprint density at radius 2 is 2.33 bits per heavy atom. The van der Waals surface area contributed by atoms with Crippen LogP contribution in [-0.4, -0.2) is 22.7 Å². The standard InChI is InChI=1S/C9H13N3O3/c1-6(13)5-11-9-3-2-7(12(14)15)4-8(9)10/h2-4,6,11,13H,5,10H2,1H3/t6-/m0/s1. The number of rotatable bonds is 4. The van der Waals surface area contributed by atoms with E-state index in [1.807, 2.05) is 0 Å². The monoisotopic (exact) mass is 211 g/mol. The summed E-state index contributed by atoms with van der Waals surface area (Å²) in [5.41, 5.74) is 6.43. The van der Waals surface area contributed by atoms with Gasteiger partial charge in [-0.05, 0) is 13.0 Å². The van der Waals surface area contributed by atoms with Crippen LogP contribution < -0.4 is 11.1 Å². The van der Waals surface area contributed by atoms with Gasteiger partial charge in [0, 0.05) is 18.7 Å². The van der Waals surface area contributed by atoms with Gasteiger partial charge in [-0.2, -0.15) is 0 Å². The molecule has 0 aromatic heterocycles. The molecular formula is C9H13N3O3. The van der Waals surface area contributed by atoms with Crippen LogP contribution in [0.4, 0.5) is 17.1 Å². The van der Waals surface area contributed by atoms with Gasteiger partial charge in [-0.25, -0.2) is 0 Å². The summed E-state index contributed by atoms with van der Waals surface area (Å²) in [5, 5.41) is 22.3. The summed E-state index contributed by atoms with van der Waals surface area (Å²) < 4.78 is 0. The number of hydrogen-bond acceptors (Lipinski definition) is 5. The van der Waals surface area contributed by atoms with E-state index in [2.05, 4.69) is 5.32 Å². The lowest BCUT2D eigenvalue weighted by molar-refractivity contribution is -0.384. The molecule has 0 saturated heterocycles. The molecule has 0 aliphatic heterocycles. The number of nitrogens with one attached hydrogen (secondary N) is 1. The highest BCUT2D eigenvalue weighted by molar-refractivity contribution is 5.69. The van der Waals surface area contributed by atoms with E-state index in [4.69, 9.17) is 10.8 Å². The molecule has 0 aliphatic carbocycles. The van der Waals surface area contributed by atoms with Gasteiger partial charge >= 0.3 is 0 Å². The number of nitrogens with two attached hydrogens (primary N) is 1. The Balaban J connectivity index is 2.79. The molecule has 0 amide bonds. The Hall–Kier alpha value is -1.82. The average Bonchev–Trinajstić information content (AvgIpc) is 2.15. The first kappa shape index (κ1) is 11.3. The van der Waals surface area contributed by atoms with Crippen LogP contribution in [0.15, 0.2) is 18.2 Å². The average molecular weight is 211 g/mol. The fourth-order valence-corrected chi connectivity index (χ4v) is 1.08. The second kappa shape index (κ2) is 4.61. The molecule has 1 atom stereocenters. The molecule has 0 fully saturated rings. The van der Waals surface area contributed by atoms with E-state index in [9.17, 15) is 10.1 Å². The number of aliphatic hydroxyl groups is 1. The Labute approximate surface area is 86.9 Å². The molecule has 1 aromatic rings. The number of aliphatic hydroxyl groups excluding tert-OH is 1. The number of nitrogen functional groups attached to an aromatic ring is 1. The van der Waals surface area contributed by atoms with Gasteiger partial charge in [-0.3, -0.25) is 10.1 Å². The second-order valence-electron chi connectivity index (χ2n) is 3.26. The number of nitro benzene ring substituents is 1. The predicted molar refractivity (Wildman–Crippen MR) is 57.7 cm³/mol. The van der Waals surface area contributed by atoms with Crippen molar-refractivity contribution in [3.05, 3.63) is 28.3 Å². The van der Waals surface area contributed by atoms with E-state index < -0.39 is 11.0 Å². The lowest BCUT2D eigenvalue weighted by Crippen LogP contribution is -2.16. The summed E-state index contributed by atoms with van der Waals surface area (Å²) in [6, 6.07) is 4.17. The minimum Gasteiger partial charge on any atom is -0.397 e. The number of nitrogens with zero attached hydrogens (tertiary/aromatic N) is 1. The molecule has 15 heavy (non-hydrogen) atoms. The Morgan fingerprint density at radius 1 is 1.67 bits per heavy atom. The molecule has 1 rings (SSSR count). The lowest BCUT2D eigenvalue weighted by atomic mass is 10.2. The van der Waals surface area contributed by atoms with E-state index in [0.29, 0.717) is 17.9 Å². The largest absolute Gasteiger partial charge is 0.397 e. The maximum atomic E-state index is 10.4. The van der Waals surface area contributed by atoms with Gasteiger partial charge in [-0.1, -0.05) is 0 Å². The summed E-state index contributed by atoms with van der Waals surface area (Å²) in [5.74, 6) is 0. The Morgan fingerprint density at radius 3 is 2.80 bits per heavy atom. The fraction of sp³-hybridized carbons (Fsp3) is 0.333. The fourth-order valence-electron chi connectivity index (χ4n) is 1.08. The van der Waals surface area contributed by atoms with Gasteiger partial charge in [0.25, 0.3) is 5.69 Å². The topological polar surface area (TPSA) is 101 Å². The summed E-state index contributed by atoms with van der Waals surface area (Å²) >= 11 is 0. The molecule has 0 heterocycles. The van der Waals surface area contributed by atoms with Crippen molar-refractivity contribution in [1.29, 1.82) is 0 Å². The molecule has 0 unspecified atom stereocenters. The zero-order chi connectivity index (χ0) is 11.4. The van der Waals surface area contributed by atoms with Crippen LogP contribution in [0.1, 0.15) is 6.92 Å². The Kier molecular flexibility index (Phi) is 3.46. The summed E-state index contributed by atoms with van der Waals surface area (Å²) in [6.45, 7) is 1.98. The lowest BCUT2D eigenvalue weighted by Gasteiger charge is -2.10. The number of hydrogen-bond donors (Lipinski definition) is 3. The normalized spacial score (nSPS) is 12.1. The van der Waals surface area contributed by atoms with Crippen LogP contribution in [0.3, 0.4) is 0 Å². The number of benzene rings is 1. The van der Waals surface area contributed by atoms with E-state index >= 15 is 0 Å². The molecule has 0 spiro atoms.